The minimum absolute atomic E-state index is 0.185. The number of benzene rings is 1. The molecule has 0 spiro atoms. The van der Waals surface area contributed by atoms with Gasteiger partial charge in [0.1, 0.15) is 16.4 Å². The minimum Gasteiger partial charge on any atom is -0.497 e. The molecule has 0 aromatic heterocycles. The van der Waals surface area contributed by atoms with E-state index in [-0.39, 0.29) is 4.90 Å². The lowest BCUT2D eigenvalue weighted by Crippen LogP contribution is -2.33. The maximum Gasteiger partial charge on any atom is 0.246 e. The SMILES string of the molecule is CCCCCCN(CCCCCC)S(=O)(=O)c1cc(OC)ccc1OC. The van der Waals surface area contributed by atoms with Crippen LogP contribution < -0.4 is 9.47 Å². The van der Waals surface area contributed by atoms with Gasteiger partial charge in [-0.1, -0.05) is 52.4 Å². The highest BCUT2D eigenvalue weighted by Crippen LogP contribution is 2.31. The van der Waals surface area contributed by atoms with Crippen LogP contribution in [0, 0.1) is 0 Å². The Hall–Kier alpha value is -1.27. The van der Waals surface area contributed by atoms with Gasteiger partial charge in [0.2, 0.25) is 10.0 Å². The Labute approximate surface area is 159 Å². The van der Waals surface area contributed by atoms with Gasteiger partial charge in [0.05, 0.1) is 14.2 Å². The van der Waals surface area contributed by atoms with Gasteiger partial charge >= 0.3 is 0 Å². The molecule has 0 saturated carbocycles. The molecule has 1 aromatic carbocycles. The number of unbranched alkanes of at least 4 members (excludes halogenated alkanes) is 6. The van der Waals surface area contributed by atoms with Crippen molar-refractivity contribution in [1.29, 1.82) is 0 Å². The molecule has 0 aliphatic rings. The minimum atomic E-state index is -3.62. The summed E-state index contributed by atoms with van der Waals surface area (Å²) < 4.78 is 38.7. The first-order chi connectivity index (χ1) is 12.5. The van der Waals surface area contributed by atoms with Crippen molar-refractivity contribution in [3.05, 3.63) is 18.2 Å². The Morgan fingerprint density at radius 2 is 1.42 bits per heavy atom. The molecule has 0 N–H and O–H groups in total. The van der Waals surface area contributed by atoms with Crippen LogP contribution in [0.4, 0.5) is 0 Å². The largest absolute Gasteiger partial charge is 0.497 e. The van der Waals surface area contributed by atoms with E-state index in [1.54, 1.807) is 22.5 Å². The zero-order valence-corrected chi connectivity index (χ0v) is 17.6. The van der Waals surface area contributed by atoms with Gasteiger partial charge in [0.15, 0.2) is 0 Å². The zero-order valence-electron chi connectivity index (χ0n) is 16.8. The fourth-order valence-corrected chi connectivity index (χ4v) is 4.59. The second-order valence-corrected chi connectivity index (χ2v) is 8.45. The van der Waals surface area contributed by atoms with Crippen LogP contribution in [-0.2, 0) is 10.0 Å². The summed E-state index contributed by atoms with van der Waals surface area (Å²) in [7, 11) is -0.596. The fourth-order valence-electron chi connectivity index (χ4n) is 2.91. The van der Waals surface area contributed by atoms with Crippen LogP contribution in [0.2, 0.25) is 0 Å². The number of methoxy groups -OCH3 is 2. The van der Waals surface area contributed by atoms with Gasteiger partial charge in [-0.15, -0.1) is 0 Å². The van der Waals surface area contributed by atoms with Crippen molar-refractivity contribution in [3.8, 4) is 11.5 Å². The van der Waals surface area contributed by atoms with Crippen LogP contribution in [-0.4, -0.2) is 40.0 Å². The summed E-state index contributed by atoms with van der Waals surface area (Å²) in [6, 6.07) is 4.92. The number of nitrogens with zero attached hydrogens (tertiary/aromatic N) is 1. The summed E-state index contributed by atoms with van der Waals surface area (Å²) in [4.78, 5) is 0.185. The molecule has 150 valence electrons. The highest BCUT2D eigenvalue weighted by Gasteiger charge is 2.27. The first kappa shape index (κ1) is 22.8. The summed E-state index contributed by atoms with van der Waals surface area (Å²) in [5.41, 5.74) is 0. The molecule has 0 unspecified atom stereocenters. The number of ether oxygens (including phenoxy) is 2. The van der Waals surface area contributed by atoms with Crippen molar-refractivity contribution in [3.63, 3.8) is 0 Å². The zero-order chi connectivity index (χ0) is 19.4. The standard InChI is InChI=1S/C20H35NO4S/c1-5-7-9-11-15-21(16-12-10-8-6-2)26(22,23)20-17-18(24-3)13-14-19(20)25-4/h13-14,17H,5-12,15-16H2,1-4H3. The average Bonchev–Trinajstić information content (AvgIpc) is 2.65. The predicted molar refractivity (Wildman–Crippen MR) is 107 cm³/mol. The Morgan fingerprint density at radius 1 is 0.846 bits per heavy atom. The molecule has 0 amide bonds. The molecule has 0 heterocycles. The molecule has 0 atom stereocenters. The van der Waals surface area contributed by atoms with E-state index in [4.69, 9.17) is 9.47 Å². The van der Waals surface area contributed by atoms with Crippen LogP contribution in [0.1, 0.15) is 65.2 Å². The molecule has 1 rings (SSSR count). The van der Waals surface area contributed by atoms with Gasteiger partial charge in [-0.2, -0.15) is 4.31 Å². The third kappa shape index (κ3) is 6.80. The maximum absolute atomic E-state index is 13.3. The topological polar surface area (TPSA) is 55.8 Å². The van der Waals surface area contributed by atoms with Gasteiger partial charge in [0, 0.05) is 19.2 Å². The van der Waals surface area contributed by atoms with Crippen molar-refractivity contribution >= 4 is 10.0 Å². The molecular formula is C20H35NO4S. The van der Waals surface area contributed by atoms with Gasteiger partial charge in [0.25, 0.3) is 0 Å². The molecule has 0 aliphatic carbocycles. The predicted octanol–water partition coefficient (Wildman–Crippen LogP) is 4.86. The van der Waals surface area contributed by atoms with Crippen molar-refractivity contribution in [2.75, 3.05) is 27.3 Å². The molecule has 26 heavy (non-hydrogen) atoms. The van der Waals surface area contributed by atoms with Gasteiger partial charge < -0.3 is 9.47 Å². The number of hydrogen-bond donors (Lipinski definition) is 0. The Bertz CT molecular complexity index is 604. The molecule has 1 aromatic rings. The smallest absolute Gasteiger partial charge is 0.246 e. The van der Waals surface area contributed by atoms with E-state index in [0.717, 1.165) is 51.4 Å². The summed E-state index contributed by atoms with van der Waals surface area (Å²) in [6.07, 6.45) is 8.39. The lowest BCUT2D eigenvalue weighted by atomic mass is 10.2. The molecule has 0 fully saturated rings. The first-order valence-electron chi connectivity index (χ1n) is 9.73. The quantitative estimate of drug-likeness (QED) is 0.429. The summed E-state index contributed by atoms with van der Waals surface area (Å²) in [5, 5.41) is 0. The summed E-state index contributed by atoms with van der Waals surface area (Å²) in [6.45, 7) is 5.41. The van der Waals surface area contributed by atoms with E-state index < -0.39 is 10.0 Å². The molecule has 5 nitrogen and oxygen atoms in total. The molecular weight excluding hydrogens is 350 g/mol. The van der Waals surface area contributed by atoms with E-state index in [1.165, 1.54) is 14.2 Å². The van der Waals surface area contributed by atoms with Crippen LogP contribution in [0.3, 0.4) is 0 Å². The fraction of sp³-hybridized carbons (Fsp3) is 0.700. The highest BCUT2D eigenvalue weighted by atomic mass is 32.2. The van der Waals surface area contributed by atoms with Crippen molar-refractivity contribution in [2.24, 2.45) is 0 Å². The highest BCUT2D eigenvalue weighted by molar-refractivity contribution is 7.89. The van der Waals surface area contributed by atoms with Crippen molar-refractivity contribution in [2.45, 2.75) is 70.1 Å². The average molecular weight is 386 g/mol. The third-order valence-electron chi connectivity index (χ3n) is 4.51. The molecule has 0 bridgehead atoms. The van der Waals surface area contributed by atoms with Crippen LogP contribution in [0.25, 0.3) is 0 Å². The molecule has 0 radical (unpaired) electrons. The Balaban J connectivity index is 3.03. The van der Waals surface area contributed by atoms with Crippen LogP contribution in [0.15, 0.2) is 23.1 Å². The van der Waals surface area contributed by atoms with Gasteiger partial charge in [-0.05, 0) is 25.0 Å². The lowest BCUT2D eigenvalue weighted by molar-refractivity contribution is 0.371. The second-order valence-electron chi connectivity index (χ2n) is 6.54. The lowest BCUT2D eigenvalue weighted by Gasteiger charge is -2.23. The van der Waals surface area contributed by atoms with E-state index >= 15 is 0 Å². The number of sulfonamides is 1. The molecule has 6 heteroatoms. The van der Waals surface area contributed by atoms with Crippen molar-refractivity contribution in [1.82, 2.24) is 4.31 Å². The van der Waals surface area contributed by atoms with E-state index in [0.29, 0.717) is 24.6 Å². The van der Waals surface area contributed by atoms with Gasteiger partial charge in [-0.3, -0.25) is 0 Å². The normalized spacial score (nSPS) is 11.7. The van der Waals surface area contributed by atoms with Crippen LogP contribution >= 0.6 is 0 Å². The Morgan fingerprint density at radius 3 is 1.88 bits per heavy atom. The van der Waals surface area contributed by atoms with Gasteiger partial charge in [-0.25, -0.2) is 8.42 Å². The maximum atomic E-state index is 13.3. The monoisotopic (exact) mass is 385 g/mol. The third-order valence-corrected chi connectivity index (χ3v) is 6.43. The van der Waals surface area contributed by atoms with Crippen LogP contribution in [0.5, 0.6) is 11.5 Å². The Kier molecular flexibility index (Phi) is 10.7. The first-order valence-corrected chi connectivity index (χ1v) is 11.2. The van der Waals surface area contributed by atoms with Crippen molar-refractivity contribution < 1.29 is 17.9 Å². The molecule has 0 saturated heterocycles. The van der Waals surface area contributed by atoms with E-state index in [1.807, 2.05) is 0 Å². The van der Waals surface area contributed by atoms with E-state index in [9.17, 15) is 8.42 Å². The van der Waals surface area contributed by atoms with E-state index in [2.05, 4.69) is 13.8 Å². The molecule has 0 aliphatic heterocycles. The summed E-state index contributed by atoms with van der Waals surface area (Å²) in [5.74, 6) is 0.874. The second kappa shape index (κ2) is 12.2. The summed E-state index contributed by atoms with van der Waals surface area (Å²) >= 11 is 0. The number of hydrogen-bond acceptors (Lipinski definition) is 4. The number of rotatable bonds is 14.